The summed E-state index contributed by atoms with van der Waals surface area (Å²) in [6, 6.07) is 8.01. The lowest BCUT2D eigenvalue weighted by Gasteiger charge is -2.04. The zero-order chi connectivity index (χ0) is 13.7. The average Bonchev–Trinajstić information content (AvgIpc) is 3.27. The summed E-state index contributed by atoms with van der Waals surface area (Å²) in [5.41, 5.74) is 4.82. The van der Waals surface area contributed by atoms with Gasteiger partial charge in [0.1, 0.15) is 5.75 Å². The highest BCUT2D eigenvalue weighted by molar-refractivity contribution is 5.86. The number of hydrogen-bond acceptors (Lipinski definition) is 3. The molecular weight excluding hydrogens is 240 g/mol. The molecule has 1 aromatic carbocycles. The number of carbonyl (C=O) groups excluding carboxylic acids is 1. The molecule has 1 aliphatic rings. The predicted molar refractivity (Wildman–Crippen MR) is 75.3 cm³/mol. The molecule has 0 aliphatic heterocycles. The molecule has 4 nitrogen and oxygen atoms in total. The van der Waals surface area contributed by atoms with Crippen molar-refractivity contribution >= 4 is 11.6 Å². The maximum atomic E-state index is 11.4. The van der Waals surface area contributed by atoms with Crippen LogP contribution in [0.3, 0.4) is 0 Å². The molecule has 1 saturated carbocycles. The summed E-state index contributed by atoms with van der Waals surface area (Å²) in [5.74, 6) is 1.13. The van der Waals surface area contributed by atoms with Crippen molar-refractivity contribution < 1.29 is 9.53 Å². The molecule has 1 aliphatic carbocycles. The van der Waals surface area contributed by atoms with Gasteiger partial charge in [-0.3, -0.25) is 4.79 Å². The van der Waals surface area contributed by atoms with Gasteiger partial charge in [-0.1, -0.05) is 12.1 Å². The van der Waals surface area contributed by atoms with E-state index >= 15 is 0 Å². The summed E-state index contributed by atoms with van der Waals surface area (Å²) < 4.78 is 5.12. The van der Waals surface area contributed by atoms with E-state index in [-0.39, 0.29) is 11.8 Å². The van der Waals surface area contributed by atoms with Crippen molar-refractivity contribution in [3.05, 3.63) is 29.8 Å². The fraction of sp³-hybridized carbons (Fsp3) is 0.467. The van der Waals surface area contributed by atoms with Crippen molar-refractivity contribution in [3.8, 4) is 5.75 Å². The molecule has 1 aromatic rings. The molecule has 0 bridgehead atoms. The molecule has 0 unspecified atom stereocenters. The normalized spacial score (nSPS) is 15.2. The maximum Gasteiger partial charge on any atom is 0.243 e. The molecule has 0 saturated heterocycles. The van der Waals surface area contributed by atoms with Gasteiger partial charge in [0.25, 0.3) is 0 Å². The van der Waals surface area contributed by atoms with E-state index < -0.39 is 0 Å². The number of hydrogen-bond donors (Lipinski definition) is 1. The minimum absolute atomic E-state index is 0.0591. The SMILES string of the molecule is COc1ccc(CC/C(C)=N\NC(=O)C2CC2)cc1. The number of ether oxygens (including phenoxy) is 1. The molecule has 0 spiro atoms. The van der Waals surface area contributed by atoms with Crippen LogP contribution in [0.15, 0.2) is 29.4 Å². The topological polar surface area (TPSA) is 50.7 Å². The minimum Gasteiger partial charge on any atom is -0.497 e. The van der Waals surface area contributed by atoms with Crippen LogP contribution in [0.1, 0.15) is 31.7 Å². The molecule has 19 heavy (non-hydrogen) atoms. The molecule has 1 fully saturated rings. The molecule has 0 heterocycles. The van der Waals surface area contributed by atoms with Crippen LogP contribution in [0.4, 0.5) is 0 Å². The maximum absolute atomic E-state index is 11.4. The number of nitrogens with zero attached hydrogens (tertiary/aromatic N) is 1. The van der Waals surface area contributed by atoms with Gasteiger partial charge in [0, 0.05) is 11.6 Å². The summed E-state index contributed by atoms with van der Waals surface area (Å²) in [4.78, 5) is 11.4. The number of amides is 1. The Bertz CT molecular complexity index is 462. The second-order valence-electron chi connectivity index (χ2n) is 4.95. The van der Waals surface area contributed by atoms with Crippen LogP contribution in [-0.4, -0.2) is 18.7 Å². The predicted octanol–water partition coefficient (Wildman–Crippen LogP) is 2.53. The van der Waals surface area contributed by atoms with Gasteiger partial charge < -0.3 is 4.74 Å². The highest BCUT2D eigenvalue weighted by atomic mass is 16.5. The van der Waals surface area contributed by atoms with E-state index in [9.17, 15) is 4.79 Å². The average molecular weight is 260 g/mol. The molecule has 1 amide bonds. The Kier molecular flexibility index (Phi) is 4.55. The molecule has 1 N–H and O–H groups in total. The number of rotatable bonds is 6. The van der Waals surface area contributed by atoms with Crippen molar-refractivity contribution in [1.29, 1.82) is 0 Å². The number of carbonyl (C=O) groups is 1. The second kappa shape index (κ2) is 6.36. The van der Waals surface area contributed by atoms with Gasteiger partial charge in [0.15, 0.2) is 0 Å². The summed E-state index contributed by atoms with van der Waals surface area (Å²) >= 11 is 0. The number of nitrogens with one attached hydrogen (secondary N) is 1. The van der Waals surface area contributed by atoms with E-state index in [4.69, 9.17) is 4.74 Å². The van der Waals surface area contributed by atoms with E-state index in [0.29, 0.717) is 0 Å². The number of methoxy groups -OCH3 is 1. The summed E-state index contributed by atoms with van der Waals surface area (Å²) in [6.45, 7) is 1.94. The van der Waals surface area contributed by atoms with Gasteiger partial charge in [-0.15, -0.1) is 0 Å². The zero-order valence-corrected chi connectivity index (χ0v) is 11.5. The van der Waals surface area contributed by atoms with Gasteiger partial charge >= 0.3 is 0 Å². The first-order valence-electron chi connectivity index (χ1n) is 6.65. The Morgan fingerprint density at radius 3 is 2.63 bits per heavy atom. The lowest BCUT2D eigenvalue weighted by molar-refractivity contribution is -0.122. The smallest absolute Gasteiger partial charge is 0.243 e. The minimum atomic E-state index is 0.0591. The highest BCUT2D eigenvalue weighted by Gasteiger charge is 2.29. The molecule has 0 atom stereocenters. The third-order valence-electron chi connectivity index (χ3n) is 3.24. The summed E-state index contributed by atoms with van der Waals surface area (Å²) in [5, 5.41) is 4.13. The largest absolute Gasteiger partial charge is 0.497 e. The van der Waals surface area contributed by atoms with Crippen LogP contribution in [0.5, 0.6) is 5.75 Å². The Hall–Kier alpha value is -1.84. The van der Waals surface area contributed by atoms with Gasteiger partial charge in [0.05, 0.1) is 7.11 Å². The Labute approximate surface area is 113 Å². The standard InChI is InChI=1S/C15H20N2O2/c1-11(16-17-15(18)13-7-8-13)3-4-12-5-9-14(19-2)10-6-12/h5-6,9-10,13H,3-4,7-8H2,1-2H3,(H,17,18)/b16-11-. The van der Waals surface area contributed by atoms with Crippen LogP contribution in [0, 0.1) is 5.92 Å². The van der Waals surface area contributed by atoms with Gasteiger partial charge in [-0.25, -0.2) is 5.43 Å². The quantitative estimate of drug-likeness (QED) is 0.631. The van der Waals surface area contributed by atoms with E-state index in [1.807, 2.05) is 19.1 Å². The van der Waals surface area contributed by atoms with Crippen molar-refractivity contribution in [2.24, 2.45) is 11.0 Å². The highest BCUT2D eigenvalue weighted by Crippen LogP contribution is 2.28. The van der Waals surface area contributed by atoms with Gasteiger partial charge in [-0.2, -0.15) is 5.10 Å². The fourth-order valence-corrected chi connectivity index (χ4v) is 1.76. The van der Waals surface area contributed by atoms with Crippen molar-refractivity contribution in [1.82, 2.24) is 5.43 Å². The summed E-state index contributed by atoms with van der Waals surface area (Å²) in [6.07, 6.45) is 3.77. The summed E-state index contributed by atoms with van der Waals surface area (Å²) in [7, 11) is 1.66. The van der Waals surface area contributed by atoms with Crippen LogP contribution in [0.25, 0.3) is 0 Å². The van der Waals surface area contributed by atoms with E-state index in [2.05, 4.69) is 22.7 Å². The van der Waals surface area contributed by atoms with Crippen LogP contribution in [0.2, 0.25) is 0 Å². The first kappa shape index (κ1) is 13.6. The van der Waals surface area contributed by atoms with Crippen LogP contribution >= 0.6 is 0 Å². The Morgan fingerprint density at radius 2 is 2.05 bits per heavy atom. The lowest BCUT2D eigenvalue weighted by atomic mass is 10.1. The van der Waals surface area contributed by atoms with Gasteiger partial charge in [-0.05, 0) is 50.3 Å². The van der Waals surface area contributed by atoms with E-state index in [1.165, 1.54) is 5.56 Å². The number of aryl methyl sites for hydroxylation is 1. The fourth-order valence-electron chi connectivity index (χ4n) is 1.76. The molecule has 0 aromatic heterocycles. The molecule has 102 valence electrons. The third kappa shape index (κ3) is 4.39. The molecule has 4 heteroatoms. The number of benzene rings is 1. The molecular formula is C15H20N2O2. The molecule has 2 rings (SSSR count). The van der Waals surface area contributed by atoms with Gasteiger partial charge in [0.2, 0.25) is 5.91 Å². The Morgan fingerprint density at radius 1 is 1.37 bits per heavy atom. The molecule has 0 radical (unpaired) electrons. The van der Waals surface area contributed by atoms with Crippen molar-refractivity contribution in [3.63, 3.8) is 0 Å². The second-order valence-corrected chi connectivity index (χ2v) is 4.95. The zero-order valence-electron chi connectivity index (χ0n) is 11.5. The number of hydrazone groups is 1. The Balaban J connectivity index is 1.76. The first-order valence-corrected chi connectivity index (χ1v) is 6.65. The monoisotopic (exact) mass is 260 g/mol. The van der Waals surface area contributed by atoms with Crippen LogP contribution < -0.4 is 10.2 Å². The third-order valence-corrected chi connectivity index (χ3v) is 3.24. The van der Waals surface area contributed by atoms with Crippen molar-refractivity contribution in [2.45, 2.75) is 32.6 Å². The first-order chi connectivity index (χ1) is 9.19. The van der Waals surface area contributed by atoms with Crippen molar-refractivity contribution in [2.75, 3.05) is 7.11 Å². The lowest BCUT2D eigenvalue weighted by Crippen LogP contribution is -2.20. The van der Waals surface area contributed by atoms with E-state index in [0.717, 1.165) is 37.1 Å². The van der Waals surface area contributed by atoms with Crippen LogP contribution in [-0.2, 0) is 11.2 Å². The van der Waals surface area contributed by atoms with E-state index in [1.54, 1.807) is 7.11 Å².